The Hall–Kier alpha value is -1.49. The number of ether oxygens (including phenoxy) is 1. The molecule has 1 atom stereocenters. The van der Waals surface area contributed by atoms with Crippen molar-refractivity contribution in [1.29, 1.82) is 0 Å². The van der Waals surface area contributed by atoms with Crippen molar-refractivity contribution in [2.75, 3.05) is 19.8 Å². The van der Waals surface area contributed by atoms with E-state index in [1.165, 1.54) is 6.20 Å². The molecule has 1 aliphatic heterocycles. The van der Waals surface area contributed by atoms with Gasteiger partial charge in [-0.3, -0.25) is 9.78 Å². The summed E-state index contributed by atoms with van der Waals surface area (Å²) >= 11 is 0. The van der Waals surface area contributed by atoms with E-state index in [9.17, 15) is 4.79 Å². The maximum atomic E-state index is 11.7. The maximum Gasteiger partial charge on any atom is 0.271 e. The third-order valence-electron chi connectivity index (χ3n) is 2.59. The molecule has 0 bridgehead atoms. The normalized spacial score (nSPS) is 19.7. The third-order valence-corrected chi connectivity index (χ3v) is 2.59. The fraction of sp³-hybridized carbons (Fsp3) is 0.545. The van der Waals surface area contributed by atoms with Crippen LogP contribution in [-0.2, 0) is 4.74 Å². The summed E-state index contributed by atoms with van der Waals surface area (Å²) in [5.74, 6) is 0.266. The van der Waals surface area contributed by atoms with Gasteiger partial charge in [-0.05, 0) is 13.3 Å². The van der Waals surface area contributed by atoms with Crippen LogP contribution >= 0.6 is 0 Å². The predicted molar refractivity (Wildman–Crippen MR) is 58.0 cm³/mol. The first-order valence-electron chi connectivity index (χ1n) is 5.40. The lowest BCUT2D eigenvalue weighted by atomic mass is 10.1. The zero-order valence-electron chi connectivity index (χ0n) is 9.27. The van der Waals surface area contributed by atoms with Crippen molar-refractivity contribution >= 4 is 5.91 Å². The molecule has 0 aromatic carbocycles. The van der Waals surface area contributed by atoms with Gasteiger partial charge in [0.2, 0.25) is 0 Å². The summed E-state index contributed by atoms with van der Waals surface area (Å²) in [5, 5.41) is 2.84. The number of amides is 1. The van der Waals surface area contributed by atoms with Crippen molar-refractivity contribution < 1.29 is 9.53 Å². The molecule has 2 heterocycles. The van der Waals surface area contributed by atoms with E-state index in [1.807, 2.05) is 6.92 Å². The van der Waals surface area contributed by atoms with Crippen LogP contribution in [0.4, 0.5) is 0 Å². The van der Waals surface area contributed by atoms with Gasteiger partial charge in [0.25, 0.3) is 5.91 Å². The maximum absolute atomic E-state index is 11.7. The highest BCUT2D eigenvalue weighted by Gasteiger charge is 2.17. The molecular weight excluding hydrogens is 206 g/mol. The molecule has 1 fully saturated rings. The molecule has 5 nitrogen and oxygen atoms in total. The monoisotopic (exact) mass is 221 g/mol. The summed E-state index contributed by atoms with van der Waals surface area (Å²) in [6, 6.07) is 0. The van der Waals surface area contributed by atoms with Gasteiger partial charge in [-0.2, -0.15) is 0 Å². The van der Waals surface area contributed by atoms with Gasteiger partial charge in [-0.15, -0.1) is 0 Å². The van der Waals surface area contributed by atoms with Crippen LogP contribution < -0.4 is 5.32 Å². The zero-order valence-corrected chi connectivity index (χ0v) is 9.27. The molecule has 1 aliphatic rings. The molecule has 1 saturated heterocycles. The standard InChI is InChI=1S/C11H15N3O2/c1-8-4-13-10(6-12-8)11(15)14-5-9-2-3-16-7-9/h4,6,9H,2-3,5,7H2,1H3,(H,14,15). The van der Waals surface area contributed by atoms with Crippen LogP contribution in [0.5, 0.6) is 0 Å². The fourth-order valence-electron chi connectivity index (χ4n) is 1.58. The number of rotatable bonds is 3. The van der Waals surface area contributed by atoms with Crippen LogP contribution in [0.25, 0.3) is 0 Å². The Morgan fingerprint density at radius 2 is 2.44 bits per heavy atom. The number of hydrogen-bond acceptors (Lipinski definition) is 4. The number of carbonyl (C=O) groups is 1. The highest BCUT2D eigenvalue weighted by Crippen LogP contribution is 2.10. The minimum absolute atomic E-state index is 0.167. The molecule has 1 unspecified atom stereocenters. The second kappa shape index (κ2) is 5.03. The van der Waals surface area contributed by atoms with Crippen LogP contribution in [0.1, 0.15) is 22.6 Å². The summed E-state index contributed by atoms with van der Waals surface area (Å²) in [4.78, 5) is 19.7. The molecule has 1 N–H and O–H groups in total. The molecule has 1 amide bonds. The van der Waals surface area contributed by atoms with E-state index >= 15 is 0 Å². The topological polar surface area (TPSA) is 64.1 Å². The van der Waals surface area contributed by atoms with Gasteiger partial charge >= 0.3 is 0 Å². The highest BCUT2D eigenvalue weighted by atomic mass is 16.5. The lowest BCUT2D eigenvalue weighted by molar-refractivity contribution is 0.0939. The van der Waals surface area contributed by atoms with Gasteiger partial charge < -0.3 is 10.1 Å². The Labute approximate surface area is 94.2 Å². The number of nitrogens with one attached hydrogen (secondary N) is 1. The molecule has 0 aliphatic carbocycles. The molecule has 0 radical (unpaired) electrons. The minimum atomic E-state index is -0.167. The van der Waals surface area contributed by atoms with Gasteiger partial charge in [0.1, 0.15) is 5.69 Å². The van der Waals surface area contributed by atoms with Crippen molar-refractivity contribution in [1.82, 2.24) is 15.3 Å². The van der Waals surface area contributed by atoms with Gasteiger partial charge in [0, 0.05) is 25.3 Å². The SMILES string of the molecule is Cc1cnc(C(=O)NCC2CCOC2)cn1. The Bertz CT molecular complexity index is 358. The Morgan fingerprint density at radius 1 is 1.56 bits per heavy atom. The van der Waals surface area contributed by atoms with Crippen molar-refractivity contribution in [3.8, 4) is 0 Å². The van der Waals surface area contributed by atoms with E-state index in [4.69, 9.17) is 4.74 Å². The highest BCUT2D eigenvalue weighted by molar-refractivity contribution is 5.91. The van der Waals surface area contributed by atoms with Crippen molar-refractivity contribution in [3.05, 3.63) is 23.8 Å². The van der Waals surface area contributed by atoms with Crippen LogP contribution in [0.15, 0.2) is 12.4 Å². The number of aromatic nitrogens is 2. The van der Waals surface area contributed by atoms with Gasteiger partial charge in [-0.1, -0.05) is 0 Å². The largest absolute Gasteiger partial charge is 0.381 e. The Morgan fingerprint density at radius 3 is 3.06 bits per heavy atom. The average Bonchev–Trinajstić information content (AvgIpc) is 2.80. The quantitative estimate of drug-likeness (QED) is 0.809. The van der Waals surface area contributed by atoms with Crippen LogP contribution in [0.3, 0.4) is 0 Å². The Kier molecular flexibility index (Phi) is 3.46. The van der Waals surface area contributed by atoms with E-state index in [0.717, 1.165) is 25.3 Å². The molecule has 1 aromatic heterocycles. The lowest BCUT2D eigenvalue weighted by Crippen LogP contribution is -2.30. The number of aryl methyl sites for hydroxylation is 1. The molecule has 2 rings (SSSR count). The molecule has 0 spiro atoms. The van der Waals surface area contributed by atoms with Crippen LogP contribution in [0, 0.1) is 12.8 Å². The zero-order chi connectivity index (χ0) is 11.4. The second-order valence-corrected chi connectivity index (χ2v) is 3.98. The molecule has 16 heavy (non-hydrogen) atoms. The van der Waals surface area contributed by atoms with Gasteiger partial charge in [0.15, 0.2) is 0 Å². The van der Waals surface area contributed by atoms with E-state index in [-0.39, 0.29) is 5.91 Å². The molecule has 1 aromatic rings. The summed E-state index contributed by atoms with van der Waals surface area (Å²) in [6.45, 7) is 4.02. The molecule has 5 heteroatoms. The second-order valence-electron chi connectivity index (χ2n) is 3.98. The average molecular weight is 221 g/mol. The summed E-state index contributed by atoms with van der Waals surface area (Å²) in [5.41, 5.74) is 1.17. The first kappa shape index (κ1) is 11.0. The number of nitrogens with zero attached hydrogens (tertiary/aromatic N) is 2. The van der Waals surface area contributed by atoms with E-state index in [0.29, 0.717) is 18.2 Å². The van der Waals surface area contributed by atoms with Crippen molar-refractivity contribution in [2.24, 2.45) is 5.92 Å². The van der Waals surface area contributed by atoms with E-state index < -0.39 is 0 Å². The lowest BCUT2D eigenvalue weighted by Gasteiger charge is -2.08. The van der Waals surface area contributed by atoms with E-state index in [2.05, 4.69) is 15.3 Å². The Balaban J connectivity index is 1.85. The molecule has 86 valence electrons. The number of carbonyl (C=O) groups excluding carboxylic acids is 1. The predicted octanol–water partition coefficient (Wildman–Crippen LogP) is 0.551. The third kappa shape index (κ3) is 2.76. The molecule has 0 saturated carbocycles. The summed E-state index contributed by atoms with van der Waals surface area (Å²) in [6.07, 6.45) is 4.10. The van der Waals surface area contributed by atoms with Crippen molar-refractivity contribution in [2.45, 2.75) is 13.3 Å². The molecular formula is C11H15N3O2. The summed E-state index contributed by atoms with van der Waals surface area (Å²) < 4.78 is 5.23. The van der Waals surface area contributed by atoms with Crippen LogP contribution in [-0.4, -0.2) is 35.6 Å². The summed E-state index contributed by atoms with van der Waals surface area (Å²) in [7, 11) is 0. The van der Waals surface area contributed by atoms with E-state index in [1.54, 1.807) is 6.20 Å². The number of hydrogen-bond donors (Lipinski definition) is 1. The first-order chi connectivity index (χ1) is 7.75. The smallest absolute Gasteiger partial charge is 0.271 e. The first-order valence-corrected chi connectivity index (χ1v) is 5.40. The van der Waals surface area contributed by atoms with Crippen molar-refractivity contribution in [3.63, 3.8) is 0 Å². The fourth-order valence-corrected chi connectivity index (χ4v) is 1.58. The van der Waals surface area contributed by atoms with Gasteiger partial charge in [-0.25, -0.2) is 4.98 Å². The van der Waals surface area contributed by atoms with Gasteiger partial charge in [0.05, 0.1) is 18.5 Å². The minimum Gasteiger partial charge on any atom is -0.381 e. The van der Waals surface area contributed by atoms with Crippen LogP contribution in [0.2, 0.25) is 0 Å².